The molecule has 0 saturated carbocycles. The van der Waals surface area contributed by atoms with Gasteiger partial charge in [0.05, 0.1) is 12.2 Å². The van der Waals surface area contributed by atoms with Crippen molar-refractivity contribution in [1.82, 2.24) is 5.32 Å². The number of hydrogen-bond acceptors (Lipinski definition) is 3. The van der Waals surface area contributed by atoms with Gasteiger partial charge in [0.15, 0.2) is 5.76 Å². The minimum Gasteiger partial charge on any atom is -0.494 e. The number of furan rings is 1. The van der Waals surface area contributed by atoms with Crippen LogP contribution in [0.1, 0.15) is 23.4 Å². The zero-order valence-corrected chi connectivity index (χ0v) is 15.3. The first-order chi connectivity index (χ1) is 13.1. The molecule has 0 bridgehead atoms. The van der Waals surface area contributed by atoms with E-state index in [0.29, 0.717) is 29.5 Å². The predicted molar refractivity (Wildman–Crippen MR) is 103 cm³/mol. The highest BCUT2D eigenvalue weighted by Gasteiger charge is 2.13. The van der Waals surface area contributed by atoms with Gasteiger partial charge in [-0.15, -0.1) is 0 Å². The van der Waals surface area contributed by atoms with E-state index in [0.717, 1.165) is 18.6 Å². The van der Waals surface area contributed by atoms with Gasteiger partial charge in [-0.1, -0.05) is 23.7 Å². The van der Waals surface area contributed by atoms with Crippen LogP contribution in [0.5, 0.6) is 5.75 Å². The van der Waals surface area contributed by atoms with Crippen molar-refractivity contribution in [3.05, 3.63) is 77.3 Å². The fourth-order valence-electron chi connectivity index (χ4n) is 2.50. The fourth-order valence-corrected chi connectivity index (χ4v) is 2.63. The zero-order valence-electron chi connectivity index (χ0n) is 14.6. The van der Waals surface area contributed by atoms with Crippen LogP contribution in [0.2, 0.25) is 5.02 Å². The van der Waals surface area contributed by atoms with E-state index in [1.165, 1.54) is 6.07 Å². The summed E-state index contributed by atoms with van der Waals surface area (Å²) in [6, 6.07) is 16.6. The van der Waals surface area contributed by atoms with Crippen molar-refractivity contribution >= 4 is 17.5 Å². The maximum absolute atomic E-state index is 13.8. The third-order valence-electron chi connectivity index (χ3n) is 3.91. The molecule has 0 radical (unpaired) electrons. The molecule has 1 N–H and O–H groups in total. The quantitative estimate of drug-likeness (QED) is 0.531. The number of carbonyl (C=O) groups excluding carboxylic acids is 1. The topological polar surface area (TPSA) is 51.5 Å². The lowest BCUT2D eigenvalue weighted by molar-refractivity contribution is 0.0925. The Labute approximate surface area is 161 Å². The van der Waals surface area contributed by atoms with Crippen molar-refractivity contribution in [2.24, 2.45) is 0 Å². The van der Waals surface area contributed by atoms with Crippen molar-refractivity contribution in [1.29, 1.82) is 0 Å². The highest BCUT2D eigenvalue weighted by molar-refractivity contribution is 6.30. The van der Waals surface area contributed by atoms with Crippen LogP contribution in [-0.2, 0) is 0 Å². The SMILES string of the molecule is O=C(NCCCCOc1ccc(Cl)cc1)c1ccc(-c2ccccc2F)o1. The van der Waals surface area contributed by atoms with Crippen molar-refractivity contribution in [3.63, 3.8) is 0 Å². The predicted octanol–water partition coefficient (Wildman–Crippen LogP) is 5.33. The lowest BCUT2D eigenvalue weighted by Gasteiger charge is -2.06. The van der Waals surface area contributed by atoms with E-state index < -0.39 is 0 Å². The molecule has 3 rings (SSSR count). The van der Waals surface area contributed by atoms with Gasteiger partial charge in [-0.2, -0.15) is 0 Å². The number of hydrogen-bond donors (Lipinski definition) is 1. The number of unbranched alkanes of at least 4 members (excludes halogenated alkanes) is 1. The summed E-state index contributed by atoms with van der Waals surface area (Å²) in [6.07, 6.45) is 1.56. The van der Waals surface area contributed by atoms with Gasteiger partial charge in [-0.05, 0) is 61.4 Å². The molecule has 27 heavy (non-hydrogen) atoms. The molecule has 4 nitrogen and oxygen atoms in total. The molecule has 0 spiro atoms. The van der Waals surface area contributed by atoms with E-state index in [1.807, 2.05) is 12.1 Å². The normalized spacial score (nSPS) is 10.6. The molecule has 1 amide bonds. The average molecular weight is 388 g/mol. The Morgan fingerprint density at radius 2 is 1.81 bits per heavy atom. The van der Waals surface area contributed by atoms with Crippen molar-refractivity contribution < 1.29 is 18.3 Å². The molecule has 0 fully saturated rings. The number of nitrogens with one attached hydrogen (secondary N) is 1. The van der Waals surface area contributed by atoms with E-state index in [4.69, 9.17) is 20.8 Å². The number of benzene rings is 2. The zero-order chi connectivity index (χ0) is 19.1. The molecule has 6 heteroatoms. The minimum atomic E-state index is -0.389. The Bertz CT molecular complexity index is 892. The number of rotatable bonds is 8. The first-order valence-corrected chi connectivity index (χ1v) is 9.02. The number of amides is 1. The number of halogens is 2. The summed E-state index contributed by atoms with van der Waals surface area (Å²) in [5.74, 6) is 0.538. The molecule has 1 aromatic heterocycles. The summed E-state index contributed by atoms with van der Waals surface area (Å²) >= 11 is 5.82. The molecular formula is C21H19ClFNO3. The molecule has 140 valence electrons. The Morgan fingerprint density at radius 3 is 2.59 bits per heavy atom. The van der Waals surface area contributed by atoms with Crippen LogP contribution in [0.4, 0.5) is 4.39 Å². The van der Waals surface area contributed by atoms with Crippen LogP contribution in [-0.4, -0.2) is 19.1 Å². The van der Waals surface area contributed by atoms with Crippen LogP contribution in [0.3, 0.4) is 0 Å². The van der Waals surface area contributed by atoms with Crippen LogP contribution < -0.4 is 10.1 Å². The smallest absolute Gasteiger partial charge is 0.287 e. The summed E-state index contributed by atoms with van der Waals surface area (Å²) in [7, 11) is 0. The van der Waals surface area contributed by atoms with E-state index in [9.17, 15) is 9.18 Å². The molecule has 0 aliphatic rings. The van der Waals surface area contributed by atoms with Crippen LogP contribution in [0.25, 0.3) is 11.3 Å². The van der Waals surface area contributed by atoms with E-state index in [2.05, 4.69) is 5.32 Å². The summed E-state index contributed by atoms with van der Waals surface area (Å²) in [4.78, 5) is 12.1. The van der Waals surface area contributed by atoms with Gasteiger partial charge in [-0.3, -0.25) is 4.79 Å². The average Bonchev–Trinajstić information content (AvgIpc) is 3.16. The third kappa shape index (κ3) is 5.34. The summed E-state index contributed by atoms with van der Waals surface area (Å²) in [5.41, 5.74) is 0.330. The molecular weight excluding hydrogens is 369 g/mol. The summed E-state index contributed by atoms with van der Waals surface area (Å²) in [5, 5.41) is 3.45. The molecule has 0 saturated heterocycles. The highest BCUT2D eigenvalue weighted by atomic mass is 35.5. The van der Waals surface area contributed by atoms with Gasteiger partial charge in [-0.25, -0.2) is 4.39 Å². The molecule has 0 aliphatic heterocycles. The van der Waals surface area contributed by atoms with Crippen molar-refractivity contribution in [2.75, 3.05) is 13.2 Å². The van der Waals surface area contributed by atoms with Crippen molar-refractivity contribution in [2.45, 2.75) is 12.8 Å². The lowest BCUT2D eigenvalue weighted by Crippen LogP contribution is -2.24. The fraction of sp³-hybridized carbons (Fsp3) is 0.190. The van der Waals surface area contributed by atoms with Gasteiger partial charge < -0.3 is 14.5 Å². The third-order valence-corrected chi connectivity index (χ3v) is 4.16. The second kappa shape index (κ2) is 9.24. The molecule has 0 unspecified atom stereocenters. The molecule has 1 heterocycles. The standard InChI is InChI=1S/C21H19ClFNO3/c22-15-7-9-16(10-8-15)26-14-4-3-13-24-21(25)20-12-11-19(27-20)17-5-1-2-6-18(17)23/h1-2,5-12H,3-4,13-14H2,(H,24,25). The maximum Gasteiger partial charge on any atom is 0.287 e. The van der Waals surface area contributed by atoms with Crippen LogP contribution in [0.15, 0.2) is 65.1 Å². The summed E-state index contributed by atoms with van der Waals surface area (Å²) in [6.45, 7) is 1.05. The number of carbonyl (C=O) groups is 1. The van der Waals surface area contributed by atoms with Crippen LogP contribution in [0, 0.1) is 5.82 Å². The van der Waals surface area contributed by atoms with E-state index in [-0.39, 0.29) is 17.5 Å². The summed E-state index contributed by atoms with van der Waals surface area (Å²) < 4.78 is 24.8. The van der Waals surface area contributed by atoms with E-state index >= 15 is 0 Å². The van der Waals surface area contributed by atoms with Gasteiger partial charge >= 0.3 is 0 Å². The molecule has 3 aromatic rings. The maximum atomic E-state index is 13.8. The second-order valence-corrected chi connectivity index (χ2v) is 6.35. The highest BCUT2D eigenvalue weighted by Crippen LogP contribution is 2.24. The molecule has 0 atom stereocenters. The lowest BCUT2D eigenvalue weighted by atomic mass is 10.1. The monoisotopic (exact) mass is 387 g/mol. The first-order valence-electron chi connectivity index (χ1n) is 8.65. The van der Waals surface area contributed by atoms with Gasteiger partial charge in [0.25, 0.3) is 5.91 Å². The molecule has 0 aliphatic carbocycles. The van der Waals surface area contributed by atoms with Gasteiger partial charge in [0.1, 0.15) is 17.3 Å². The van der Waals surface area contributed by atoms with Gasteiger partial charge in [0, 0.05) is 11.6 Å². The van der Waals surface area contributed by atoms with Gasteiger partial charge in [0.2, 0.25) is 0 Å². The minimum absolute atomic E-state index is 0.158. The Morgan fingerprint density at radius 1 is 1.04 bits per heavy atom. The first kappa shape index (κ1) is 19.0. The Hall–Kier alpha value is -2.79. The van der Waals surface area contributed by atoms with Crippen LogP contribution >= 0.6 is 11.6 Å². The largest absolute Gasteiger partial charge is 0.494 e. The molecule has 2 aromatic carbocycles. The Kier molecular flexibility index (Phi) is 6.49. The van der Waals surface area contributed by atoms with Crippen molar-refractivity contribution in [3.8, 4) is 17.1 Å². The number of ether oxygens (including phenoxy) is 1. The van der Waals surface area contributed by atoms with E-state index in [1.54, 1.807) is 42.5 Å². The second-order valence-electron chi connectivity index (χ2n) is 5.91. The Balaban J connectivity index is 1.40.